The lowest BCUT2D eigenvalue weighted by Crippen LogP contribution is -2.50. The van der Waals surface area contributed by atoms with Gasteiger partial charge in [0.25, 0.3) is 10.0 Å². The lowest BCUT2D eigenvalue weighted by atomic mass is 10.1. The molecular weight excluding hydrogens is 590 g/mol. The highest BCUT2D eigenvalue weighted by molar-refractivity contribution is 7.92. The number of rotatable bonds is 9. The average molecular weight is 616 g/mol. The Labute approximate surface area is 240 Å². The van der Waals surface area contributed by atoms with Gasteiger partial charge < -0.3 is 10.2 Å². The number of nitrogens with zero attached hydrogens (tertiary/aromatic N) is 2. The summed E-state index contributed by atoms with van der Waals surface area (Å²) in [5, 5.41) is 2.98. The van der Waals surface area contributed by atoms with Crippen molar-refractivity contribution in [1.82, 2.24) is 10.2 Å². The molecule has 0 radical (unpaired) electrons. The Hall–Kier alpha value is -3.28. The van der Waals surface area contributed by atoms with Crippen molar-refractivity contribution < 1.29 is 31.2 Å². The van der Waals surface area contributed by atoms with Crippen molar-refractivity contribution in [3.63, 3.8) is 0 Å². The fraction of sp³-hybridized carbons (Fsp3) is 0.259. The summed E-state index contributed by atoms with van der Waals surface area (Å²) < 4.78 is 68.6. The van der Waals surface area contributed by atoms with Crippen LogP contribution >= 0.6 is 23.2 Å². The van der Waals surface area contributed by atoms with Crippen molar-refractivity contribution in [2.75, 3.05) is 17.9 Å². The number of carbonyl (C=O) groups is 2. The monoisotopic (exact) mass is 615 g/mol. The van der Waals surface area contributed by atoms with Gasteiger partial charge in [0.2, 0.25) is 11.8 Å². The summed E-state index contributed by atoms with van der Waals surface area (Å²) in [5.41, 5.74) is -0.292. The minimum Gasteiger partial charge on any atom is -0.357 e. The summed E-state index contributed by atoms with van der Waals surface area (Å²) in [6, 6.07) is 12.8. The van der Waals surface area contributed by atoms with Crippen LogP contribution in [-0.2, 0) is 32.3 Å². The second-order valence-electron chi connectivity index (χ2n) is 8.92. The van der Waals surface area contributed by atoms with Gasteiger partial charge in [0.1, 0.15) is 12.6 Å². The Morgan fingerprint density at radius 2 is 1.65 bits per heavy atom. The number of amides is 2. The minimum atomic E-state index is -4.76. The summed E-state index contributed by atoms with van der Waals surface area (Å²) in [5.74, 6) is -1.40. The fourth-order valence-electron chi connectivity index (χ4n) is 3.83. The van der Waals surface area contributed by atoms with Crippen LogP contribution in [0.1, 0.15) is 23.6 Å². The first-order valence-electron chi connectivity index (χ1n) is 11.9. The summed E-state index contributed by atoms with van der Waals surface area (Å²) in [7, 11) is -3.16. The number of nitrogens with one attached hydrogen (secondary N) is 1. The first-order chi connectivity index (χ1) is 18.6. The van der Waals surface area contributed by atoms with E-state index in [1.165, 1.54) is 50.4 Å². The number of aryl methyl sites for hydroxylation is 1. The standard InChI is InChI=1S/C27H26Cl2F3N3O4S/c1-17-7-11-23(12-8-17)40(38,39)35(22-6-4-5-20(13-22)27(30,31)32)16-25(36)34(18(2)26(37)33-3)15-19-9-10-21(28)14-24(19)29/h4-14,18H,15-16H2,1-3H3,(H,33,37)/t18-/m1/s1. The van der Waals surface area contributed by atoms with Crippen molar-refractivity contribution in [3.05, 3.63) is 93.5 Å². The normalized spacial score (nSPS) is 12.5. The van der Waals surface area contributed by atoms with Crippen LogP contribution in [0.25, 0.3) is 0 Å². The van der Waals surface area contributed by atoms with Gasteiger partial charge in [-0.2, -0.15) is 13.2 Å². The maximum atomic E-state index is 13.7. The van der Waals surface area contributed by atoms with Crippen LogP contribution in [0, 0.1) is 6.92 Å². The molecule has 0 saturated heterocycles. The van der Waals surface area contributed by atoms with Crippen LogP contribution in [0.15, 0.2) is 71.6 Å². The zero-order valence-electron chi connectivity index (χ0n) is 21.7. The minimum absolute atomic E-state index is 0.204. The number of hydrogen-bond acceptors (Lipinski definition) is 4. The molecule has 0 aliphatic rings. The van der Waals surface area contributed by atoms with Gasteiger partial charge in [-0.3, -0.25) is 13.9 Å². The van der Waals surface area contributed by atoms with E-state index >= 15 is 0 Å². The van der Waals surface area contributed by atoms with Crippen LogP contribution < -0.4 is 9.62 Å². The average Bonchev–Trinajstić information content (AvgIpc) is 2.90. The van der Waals surface area contributed by atoms with Gasteiger partial charge in [-0.15, -0.1) is 0 Å². The molecule has 214 valence electrons. The first-order valence-corrected chi connectivity index (χ1v) is 14.1. The number of benzene rings is 3. The molecule has 0 fully saturated rings. The number of likely N-dealkylation sites (N-methyl/N-ethyl adjacent to an activating group) is 1. The van der Waals surface area contributed by atoms with Crippen molar-refractivity contribution in [2.45, 2.75) is 37.5 Å². The van der Waals surface area contributed by atoms with Crippen molar-refractivity contribution in [2.24, 2.45) is 0 Å². The molecule has 13 heteroatoms. The van der Waals surface area contributed by atoms with E-state index in [2.05, 4.69) is 5.32 Å². The molecule has 0 saturated carbocycles. The maximum Gasteiger partial charge on any atom is 0.416 e. The largest absolute Gasteiger partial charge is 0.416 e. The molecule has 7 nitrogen and oxygen atoms in total. The van der Waals surface area contributed by atoms with Gasteiger partial charge >= 0.3 is 6.18 Å². The van der Waals surface area contributed by atoms with Crippen LogP contribution in [0.3, 0.4) is 0 Å². The number of sulfonamides is 1. The molecule has 0 heterocycles. The number of alkyl halides is 3. The molecule has 0 bridgehead atoms. The Morgan fingerprint density at radius 1 is 1.00 bits per heavy atom. The summed E-state index contributed by atoms with van der Waals surface area (Å²) in [4.78, 5) is 27.1. The Kier molecular flexibility index (Phi) is 9.76. The van der Waals surface area contributed by atoms with Gasteiger partial charge in [0.15, 0.2) is 0 Å². The second kappa shape index (κ2) is 12.5. The maximum absolute atomic E-state index is 13.7. The van der Waals surface area contributed by atoms with E-state index in [4.69, 9.17) is 23.2 Å². The molecule has 40 heavy (non-hydrogen) atoms. The molecule has 0 unspecified atom stereocenters. The number of anilines is 1. The molecule has 1 atom stereocenters. The van der Waals surface area contributed by atoms with Crippen LogP contribution in [0.4, 0.5) is 18.9 Å². The molecule has 3 aromatic carbocycles. The quantitative estimate of drug-likeness (QED) is 0.335. The predicted octanol–water partition coefficient (Wildman–Crippen LogP) is 5.68. The third kappa shape index (κ3) is 7.26. The zero-order chi connectivity index (χ0) is 29.8. The van der Waals surface area contributed by atoms with E-state index in [-0.39, 0.29) is 22.2 Å². The molecule has 3 rings (SSSR count). The number of halogens is 5. The smallest absolute Gasteiger partial charge is 0.357 e. The van der Waals surface area contributed by atoms with E-state index in [9.17, 15) is 31.2 Å². The number of carbonyl (C=O) groups excluding carboxylic acids is 2. The van der Waals surface area contributed by atoms with Crippen LogP contribution in [0.2, 0.25) is 10.0 Å². The van der Waals surface area contributed by atoms with E-state index in [1.807, 2.05) is 0 Å². The van der Waals surface area contributed by atoms with Crippen LogP contribution in [0.5, 0.6) is 0 Å². The van der Waals surface area contributed by atoms with E-state index in [0.717, 1.165) is 28.7 Å². The molecule has 0 aliphatic carbocycles. The van der Waals surface area contributed by atoms with Gasteiger partial charge in [-0.05, 0) is 61.9 Å². The number of hydrogen-bond donors (Lipinski definition) is 1. The van der Waals surface area contributed by atoms with Crippen molar-refractivity contribution >= 4 is 50.7 Å². The van der Waals surface area contributed by atoms with Crippen LogP contribution in [-0.4, -0.2) is 44.8 Å². The first kappa shape index (κ1) is 31.3. The Morgan fingerprint density at radius 3 is 2.23 bits per heavy atom. The molecule has 3 aromatic rings. The zero-order valence-corrected chi connectivity index (χ0v) is 24.0. The van der Waals surface area contributed by atoms with Gasteiger partial charge in [0, 0.05) is 23.6 Å². The third-order valence-electron chi connectivity index (χ3n) is 6.12. The topological polar surface area (TPSA) is 86.8 Å². The van der Waals surface area contributed by atoms with E-state index < -0.39 is 46.2 Å². The molecule has 0 spiro atoms. The Balaban J connectivity index is 2.11. The van der Waals surface area contributed by atoms with Gasteiger partial charge in [0.05, 0.1) is 16.1 Å². The van der Waals surface area contributed by atoms with Crippen molar-refractivity contribution in [3.8, 4) is 0 Å². The summed E-state index contributed by atoms with van der Waals surface area (Å²) >= 11 is 12.3. The highest BCUT2D eigenvalue weighted by atomic mass is 35.5. The fourth-order valence-corrected chi connectivity index (χ4v) is 5.70. The molecule has 1 N–H and O–H groups in total. The lowest BCUT2D eigenvalue weighted by molar-refractivity contribution is -0.139. The Bertz CT molecular complexity index is 1500. The second-order valence-corrected chi connectivity index (χ2v) is 11.6. The van der Waals surface area contributed by atoms with E-state index in [0.29, 0.717) is 21.0 Å². The van der Waals surface area contributed by atoms with Gasteiger partial charge in [-0.1, -0.05) is 53.0 Å². The predicted molar refractivity (Wildman–Crippen MR) is 148 cm³/mol. The van der Waals surface area contributed by atoms with Crippen molar-refractivity contribution in [1.29, 1.82) is 0 Å². The highest BCUT2D eigenvalue weighted by Crippen LogP contribution is 2.33. The molecular formula is C27H26Cl2F3N3O4S. The lowest BCUT2D eigenvalue weighted by Gasteiger charge is -2.32. The molecule has 2 amide bonds. The van der Waals surface area contributed by atoms with Gasteiger partial charge in [-0.25, -0.2) is 8.42 Å². The summed E-state index contributed by atoms with van der Waals surface area (Å²) in [6.45, 7) is 2.07. The SMILES string of the molecule is CNC(=O)[C@@H](C)N(Cc1ccc(Cl)cc1Cl)C(=O)CN(c1cccc(C(F)(F)F)c1)S(=O)(=O)c1ccc(C)cc1. The third-order valence-corrected chi connectivity index (χ3v) is 8.49. The van der Waals surface area contributed by atoms with E-state index in [1.54, 1.807) is 13.0 Å². The summed E-state index contributed by atoms with van der Waals surface area (Å²) in [6.07, 6.45) is -4.76. The highest BCUT2D eigenvalue weighted by Gasteiger charge is 2.35. The molecule has 0 aliphatic heterocycles. The molecule has 0 aromatic heterocycles.